The summed E-state index contributed by atoms with van der Waals surface area (Å²) < 4.78 is 0. The van der Waals surface area contributed by atoms with Crippen LogP contribution in [-0.2, 0) is 0 Å². The third-order valence-corrected chi connectivity index (χ3v) is 2.89. The van der Waals surface area contributed by atoms with Crippen molar-refractivity contribution < 1.29 is 5.11 Å². The molecule has 2 unspecified atom stereocenters. The molecule has 84 valence electrons. The molecule has 0 spiro atoms. The van der Waals surface area contributed by atoms with Crippen LogP contribution in [-0.4, -0.2) is 10.1 Å². The molecule has 0 fully saturated rings. The van der Waals surface area contributed by atoms with Gasteiger partial charge in [0, 0.05) is 6.20 Å². The molecule has 1 rings (SSSR count). The average molecular weight is 207 g/mol. The third-order valence-electron chi connectivity index (χ3n) is 2.89. The number of aryl methyl sites for hydroxylation is 2. The summed E-state index contributed by atoms with van der Waals surface area (Å²) in [5.41, 5.74) is 3.07. The molecule has 2 heteroatoms. The summed E-state index contributed by atoms with van der Waals surface area (Å²) in [4.78, 5) is 4.32. The van der Waals surface area contributed by atoms with Gasteiger partial charge >= 0.3 is 0 Å². The van der Waals surface area contributed by atoms with Gasteiger partial charge < -0.3 is 5.11 Å². The van der Waals surface area contributed by atoms with Crippen LogP contribution in [0.25, 0.3) is 0 Å². The predicted octanol–water partition coefficient (Wildman–Crippen LogP) is 3.17. The molecule has 15 heavy (non-hydrogen) atoms. The molecule has 1 aromatic rings. The lowest BCUT2D eigenvalue weighted by atomic mass is 9.97. The maximum Gasteiger partial charge on any atom is 0.0965 e. The van der Waals surface area contributed by atoms with E-state index in [-0.39, 0.29) is 0 Å². The van der Waals surface area contributed by atoms with Gasteiger partial charge in [-0.05, 0) is 37.3 Å². The fraction of sp³-hybridized carbons (Fsp3) is 0.615. The fourth-order valence-corrected chi connectivity index (χ4v) is 1.73. The number of nitrogens with zero attached hydrogens (tertiary/aromatic N) is 1. The zero-order valence-corrected chi connectivity index (χ0v) is 10.1. The highest BCUT2D eigenvalue weighted by atomic mass is 16.3. The van der Waals surface area contributed by atoms with Crippen molar-refractivity contribution in [2.75, 3.05) is 0 Å². The van der Waals surface area contributed by atoms with E-state index >= 15 is 0 Å². The highest BCUT2D eigenvalue weighted by Crippen LogP contribution is 2.23. The largest absolute Gasteiger partial charge is 0.387 e. The summed E-state index contributed by atoms with van der Waals surface area (Å²) in [7, 11) is 0. The lowest BCUT2D eigenvalue weighted by Gasteiger charge is -2.16. The van der Waals surface area contributed by atoms with Crippen LogP contribution in [0.4, 0.5) is 0 Å². The van der Waals surface area contributed by atoms with E-state index in [9.17, 15) is 5.11 Å². The van der Waals surface area contributed by atoms with Gasteiger partial charge in [0.2, 0.25) is 0 Å². The maximum absolute atomic E-state index is 10.0. The van der Waals surface area contributed by atoms with Gasteiger partial charge in [0.25, 0.3) is 0 Å². The summed E-state index contributed by atoms with van der Waals surface area (Å²) in [5.74, 6) is 0.544. The van der Waals surface area contributed by atoms with Crippen molar-refractivity contribution in [3.8, 4) is 0 Å². The zero-order chi connectivity index (χ0) is 11.4. The average Bonchev–Trinajstić information content (AvgIpc) is 2.17. The van der Waals surface area contributed by atoms with E-state index in [4.69, 9.17) is 0 Å². The summed E-state index contributed by atoms with van der Waals surface area (Å²) in [5, 5.41) is 10.0. The number of aromatic nitrogens is 1. The van der Waals surface area contributed by atoms with Crippen LogP contribution in [0.1, 0.15) is 49.6 Å². The van der Waals surface area contributed by atoms with Gasteiger partial charge in [-0.25, -0.2) is 0 Å². The van der Waals surface area contributed by atoms with Gasteiger partial charge in [-0.3, -0.25) is 4.98 Å². The first kappa shape index (κ1) is 12.2. The van der Waals surface area contributed by atoms with Gasteiger partial charge in [-0.1, -0.05) is 26.3 Å². The Balaban J connectivity index is 2.77. The van der Waals surface area contributed by atoms with Crippen molar-refractivity contribution in [1.29, 1.82) is 0 Å². The molecule has 0 aliphatic carbocycles. The molecule has 2 atom stereocenters. The van der Waals surface area contributed by atoms with Crippen molar-refractivity contribution >= 4 is 0 Å². The lowest BCUT2D eigenvalue weighted by Crippen LogP contribution is -2.07. The lowest BCUT2D eigenvalue weighted by molar-refractivity contribution is 0.141. The van der Waals surface area contributed by atoms with Crippen LogP contribution >= 0.6 is 0 Å². The maximum atomic E-state index is 10.0. The number of hydrogen-bond acceptors (Lipinski definition) is 2. The molecule has 2 nitrogen and oxygen atoms in total. The Morgan fingerprint density at radius 1 is 1.40 bits per heavy atom. The number of rotatable bonds is 4. The van der Waals surface area contributed by atoms with E-state index in [2.05, 4.69) is 24.9 Å². The fourth-order valence-electron chi connectivity index (χ4n) is 1.73. The van der Waals surface area contributed by atoms with Crippen LogP contribution in [0.2, 0.25) is 0 Å². The second-order valence-corrected chi connectivity index (χ2v) is 4.48. The van der Waals surface area contributed by atoms with Crippen molar-refractivity contribution in [3.63, 3.8) is 0 Å². The Labute approximate surface area is 92.4 Å². The topological polar surface area (TPSA) is 33.1 Å². The quantitative estimate of drug-likeness (QED) is 0.822. The Morgan fingerprint density at radius 2 is 2.07 bits per heavy atom. The summed E-state index contributed by atoms with van der Waals surface area (Å²) >= 11 is 0. The number of pyridine rings is 1. The molecule has 1 N–H and O–H groups in total. The second kappa shape index (κ2) is 5.26. The van der Waals surface area contributed by atoms with E-state index in [1.54, 1.807) is 0 Å². The van der Waals surface area contributed by atoms with Crippen LogP contribution in [0.3, 0.4) is 0 Å². The summed E-state index contributed by atoms with van der Waals surface area (Å²) in [6.45, 7) is 8.33. The Hall–Kier alpha value is -0.890. The number of hydrogen-bond donors (Lipinski definition) is 1. The molecule has 0 bridgehead atoms. The summed E-state index contributed by atoms with van der Waals surface area (Å²) in [6, 6.07) is 2.07. The minimum atomic E-state index is -0.416. The first-order valence-electron chi connectivity index (χ1n) is 5.65. The monoisotopic (exact) mass is 207 g/mol. The molecule has 0 amide bonds. The van der Waals surface area contributed by atoms with Gasteiger partial charge in [0.15, 0.2) is 0 Å². The Kier molecular flexibility index (Phi) is 4.28. The first-order chi connectivity index (χ1) is 7.04. The smallest absolute Gasteiger partial charge is 0.0965 e. The van der Waals surface area contributed by atoms with Gasteiger partial charge in [0.05, 0.1) is 11.8 Å². The molecule has 0 radical (unpaired) electrons. The molecular weight excluding hydrogens is 186 g/mol. The SMILES string of the molecule is CCC(C)CC(O)c1ncc(C)cc1C. The molecule has 0 saturated carbocycles. The Bertz CT molecular complexity index is 322. The minimum absolute atomic E-state index is 0.416. The van der Waals surface area contributed by atoms with E-state index in [0.29, 0.717) is 5.92 Å². The standard InChI is InChI=1S/C13H21NO/c1-5-9(2)7-12(15)13-11(4)6-10(3)8-14-13/h6,8-9,12,15H,5,7H2,1-4H3. The highest BCUT2D eigenvalue weighted by Gasteiger charge is 2.14. The second-order valence-electron chi connectivity index (χ2n) is 4.48. The Morgan fingerprint density at radius 3 is 2.60 bits per heavy atom. The van der Waals surface area contributed by atoms with Crippen LogP contribution in [0.5, 0.6) is 0 Å². The van der Waals surface area contributed by atoms with Gasteiger partial charge in [-0.2, -0.15) is 0 Å². The van der Waals surface area contributed by atoms with Crippen LogP contribution < -0.4 is 0 Å². The van der Waals surface area contributed by atoms with E-state index in [0.717, 1.165) is 29.7 Å². The van der Waals surface area contributed by atoms with Crippen molar-refractivity contribution in [1.82, 2.24) is 4.98 Å². The molecule has 0 saturated heterocycles. The third kappa shape index (κ3) is 3.31. The highest BCUT2D eigenvalue weighted by molar-refractivity contribution is 5.24. The molecule has 1 aromatic heterocycles. The molecule has 0 aliphatic rings. The van der Waals surface area contributed by atoms with Crippen LogP contribution in [0, 0.1) is 19.8 Å². The van der Waals surface area contributed by atoms with Crippen LogP contribution in [0.15, 0.2) is 12.3 Å². The molecule has 0 aromatic carbocycles. The van der Waals surface area contributed by atoms with Crippen molar-refractivity contribution in [2.24, 2.45) is 5.92 Å². The predicted molar refractivity (Wildman–Crippen MR) is 62.7 cm³/mol. The number of aliphatic hydroxyl groups is 1. The number of aliphatic hydroxyl groups excluding tert-OH is 1. The first-order valence-corrected chi connectivity index (χ1v) is 5.65. The van der Waals surface area contributed by atoms with Crippen molar-refractivity contribution in [3.05, 3.63) is 29.1 Å². The minimum Gasteiger partial charge on any atom is -0.387 e. The molecular formula is C13H21NO. The zero-order valence-electron chi connectivity index (χ0n) is 10.1. The molecule has 1 heterocycles. The van der Waals surface area contributed by atoms with Gasteiger partial charge in [-0.15, -0.1) is 0 Å². The summed E-state index contributed by atoms with van der Waals surface area (Å²) in [6.07, 6.45) is 3.30. The van der Waals surface area contributed by atoms with Crippen molar-refractivity contribution in [2.45, 2.75) is 46.6 Å². The van der Waals surface area contributed by atoms with E-state index in [1.165, 1.54) is 0 Å². The van der Waals surface area contributed by atoms with Gasteiger partial charge in [0.1, 0.15) is 0 Å². The van der Waals surface area contributed by atoms with E-state index in [1.807, 2.05) is 20.0 Å². The van der Waals surface area contributed by atoms with E-state index < -0.39 is 6.10 Å². The normalized spacial score (nSPS) is 15.0. The molecule has 0 aliphatic heterocycles.